The summed E-state index contributed by atoms with van der Waals surface area (Å²) in [5, 5.41) is 4.33. The average Bonchev–Trinajstić information content (AvgIpc) is 2.95. The lowest BCUT2D eigenvalue weighted by Gasteiger charge is -2.13. The number of nitrogens with one attached hydrogen (secondary N) is 1. The maximum Gasteiger partial charge on any atom is 0.280 e. The van der Waals surface area contributed by atoms with Crippen molar-refractivity contribution in [3.8, 4) is 0 Å². The molecule has 3 rings (SSSR count). The van der Waals surface area contributed by atoms with Gasteiger partial charge in [0.1, 0.15) is 6.23 Å². The number of H-pyrrole nitrogens is 1. The van der Waals surface area contributed by atoms with Crippen LogP contribution in [0.5, 0.6) is 0 Å². The number of aromatic amines is 1. The summed E-state index contributed by atoms with van der Waals surface area (Å²) < 4.78 is 14.1. The Bertz CT molecular complexity index is 654. The summed E-state index contributed by atoms with van der Waals surface area (Å²) in [6.07, 6.45) is 2.65. The van der Waals surface area contributed by atoms with Crippen LogP contribution in [0.25, 0.3) is 11.2 Å². The molecule has 3 heterocycles. The topological polar surface area (TPSA) is 119 Å². The van der Waals surface area contributed by atoms with Crippen LogP contribution in [0.1, 0.15) is 19.1 Å². The molecular formula is C10H13N5O3. The summed E-state index contributed by atoms with van der Waals surface area (Å²) >= 11 is 0. The maximum atomic E-state index is 11.7. The molecule has 4 N–H and O–H groups in total. The summed E-state index contributed by atoms with van der Waals surface area (Å²) in [6, 6.07) is 0. The largest absolute Gasteiger partial charge is 0.394 e. The molecule has 96 valence electrons. The number of hydrogen-bond donors (Lipinski definition) is 3. The van der Waals surface area contributed by atoms with Gasteiger partial charge in [0, 0.05) is 0 Å². The maximum absolute atomic E-state index is 11.7. The van der Waals surface area contributed by atoms with Crippen LogP contribution in [0.15, 0.2) is 11.1 Å². The van der Waals surface area contributed by atoms with Gasteiger partial charge in [-0.05, 0) is 12.8 Å². The van der Waals surface area contributed by atoms with Crippen molar-refractivity contribution in [2.24, 2.45) is 0 Å². The number of aliphatic hydroxyl groups is 1. The molecule has 2 atom stereocenters. The van der Waals surface area contributed by atoms with Crippen LogP contribution in [0.2, 0.25) is 0 Å². The summed E-state index contributed by atoms with van der Waals surface area (Å²) in [7, 11) is 0. The first-order valence-electron chi connectivity index (χ1n) is 6.05. The Kier molecular flexibility index (Phi) is 2.27. The molecule has 2 aromatic heterocycles. The third-order valence-corrected chi connectivity index (χ3v) is 3.03. The Morgan fingerprint density at radius 3 is 3.44 bits per heavy atom. The first-order chi connectivity index (χ1) is 9.19. The fourth-order valence-corrected chi connectivity index (χ4v) is 2.17. The molecule has 8 heteroatoms. The number of rotatable bonds is 3. The first-order valence-corrected chi connectivity index (χ1v) is 5.65. The molecule has 0 saturated carbocycles. The Balaban J connectivity index is 1.96. The molecule has 0 bridgehead atoms. The van der Waals surface area contributed by atoms with E-state index in [1.807, 2.05) is 0 Å². The number of nitrogens with two attached hydrogens (primary N) is 1. The number of aromatic nitrogens is 4. The quantitative estimate of drug-likeness (QED) is 0.669. The predicted octanol–water partition coefficient (Wildman–Crippen LogP) is -0.628. The normalized spacial score (nSPS) is 24.6. The van der Waals surface area contributed by atoms with Crippen molar-refractivity contribution in [2.45, 2.75) is 25.2 Å². The van der Waals surface area contributed by atoms with E-state index < -0.39 is 0 Å². The van der Waals surface area contributed by atoms with Crippen molar-refractivity contribution in [2.75, 3.05) is 12.3 Å². The lowest BCUT2D eigenvalue weighted by molar-refractivity contribution is -0.0207. The first kappa shape index (κ1) is 10.0. The van der Waals surface area contributed by atoms with Crippen LogP contribution >= 0.6 is 0 Å². The number of fused-ring (bicyclic) bond motifs is 1. The van der Waals surface area contributed by atoms with Gasteiger partial charge in [-0.15, -0.1) is 0 Å². The van der Waals surface area contributed by atoms with Gasteiger partial charge in [0.2, 0.25) is 7.38 Å². The molecule has 0 amide bonds. The second-order valence-corrected chi connectivity index (χ2v) is 4.23. The third kappa shape index (κ3) is 1.66. The SMILES string of the molecule is [2H]OC[C@@H]1CC[C@H](n2cnc3c(=O)[nH]c(N)nc32)O1. The zero-order valence-electron chi connectivity index (χ0n) is 10.5. The Labute approximate surface area is 103 Å². The lowest BCUT2D eigenvalue weighted by Crippen LogP contribution is -2.16. The number of ether oxygens (including phenoxy) is 1. The highest BCUT2D eigenvalue weighted by molar-refractivity contribution is 5.70. The molecule has 1 fully saturated rings. The third-order valence-electron chi connectivity index (χ3n) is 3.03. The molecule has 1 aliphatic rings. The molecule has 0 aromatic carbocycles. The molecule has 8 nitrogen and oxygen atoms in total. The summed E-state index contributed by atoms with van der Waals surface area (Å²) in [5.74, 6) is 0.0447. The number of hydrogen-bond acceptors (Lipinski definition) is 6. The second kappa shape index (κ2) is 4.07. The van der Waals surface area contributed by atoms with Gasteiger partial charge < -0.3 is 15.6 Å². The van der Waals surface area contributed by atoms with Gasteiger partial charge in [-0.2, -0.15) is 4.98 Å². The number of aliphatic hydroxyl groups excluding tert-OH is 1. The minimum atomic E-state index is -0.370. The molecule has 0 spiro atoms. The monoisotopic (exact) mass is 252 g/mol. The second-order valence-electron chi connectivity index (χ2n) is 4.23. The summed E-state index contributed by atoms with van der Waals surface area (Å²) in [4.78, 5) is 22.2. The number of nitrogen functional groups attached to an aromatic ring is 1. The minimum Gasteiger partial charge on any atom is -0.394 e. The lowest BCUT2D eigenvalue weighted by atomic mass is 10.2. The van der Waals surface area contributed by atoms with Crippen molar-refractivity contribution in [1.29, 1.82) is 1.43 Å². The molecule has 0 radical (unpaired) electrons. The van der Waals surface area contributed by atoms with E-state index in [0.717, 1.165) is 12.8 Å². The molecule has 1 aliphatic heterocycles. The van der Waals surface area contributed by atoms with E-state index in [1.165, 1.54) is 6.33 Å². The Morgan fingerprint density at radius 1 is 1.72 bits per heavy atom. The highest BCUT2D eigenvalue weighted by Crippen LogP contribution is 2.29. The minimum absolute atomic E-state index is 0.0447. The van der Waals surface area contributed by atoms with Crippen LogP contribution < -0.4 is 11.3 Å². The fourth-order valence-electron chi connectivity index (χ4n) is 2.17. The van der Waals surface area contributed by atoms with E-state index in [0.29, 0.717) is 5.65 Å². The molecule has 1 saturated heterocycles. The van der Waals surface area contributed by atoms with Crippen molar-refractivity contribution in [3.05, 3.63) is 16.7 Å². The van der Waals surface area contributed by atoms with E-state index in [9.17, 15) is 4.79 Å². The van der Waals surface area contributed by atoms with Crippen molar-refractivity contribution >= 4 is 17.1 Å². The van der Waals surface area contributed by atoms with E-state index in [1.54, 1.807) is 4.57 Å². The Hall–Kier alpha value is -1.93. The zero-order valence-corrected chi connectivity index (χ0v) is 9.50. The molecule has 18 heavy (non-hydrogen) atoms. The van der Waals surface area contributed by atoms with Crippen LogP contribution in [-0.4, -0.2) is 38.8 Å². The van der Waals surface area contributed by atoms with Gasteiger partial charge in [-0.1, -0.05) is 0 Å². The summed E-state index contributed by atoms with van der Waals surface area (Å²) in [6.45, 7) is 0.222. The van der Waals surface area contributed by atoms with Crippen LogP contribution in [0.3, 0.4) is 0 Å². The van der Waals surface area contributed by atoms with Crippen molar-refractivity contribution < 1.29 is 9.85 Å². The van der Waals surface area contributed by atoms with E-state index >= 15 is 0 Å². The van der Waals surface area contributed by atoms with Crippen molar-refractivity contribution in [1.82, 2.24) is 19.5 Å². The van der Waals surface area contributed by atoms with Crippen molar-refractivity contribution in [3.63, 3.8) is 0 Å². The molecule has 2 aromatic rings. The van der Waals surface area contributed by atoms with Gasteiger partial charge in [0.05, 0.1) is 19.0 Å². The predicted molar refractivity (Wildman–Crippen MR) is 62.8 cm³/mol. The molecular weight excluding hydrogens is 238 g/mol. The fraction of sp³-hybridized carbons (Fsp3) is 0.500. The van der Waals surface area contributed by atoms with Gasteiger partial charge in [-0.25, -0.2) is 4.98 Å². The highest BCUT2D eigenvalue weighted by Gasteiger charge is 2.27. The Morgan fingerprint density at radius 2 is 2.61 bits per heavy atom. The number of imidazole rings is 1. The molecule has 0 aliphatic carbocycles. The van der Waals surface area contributed by atoms with Crippen LogP contribution in [-0.2, 0) is 4.74 Å². The van der Waals surface area contributed by atoms with Gasteiger partial charge in [0.15, 0.2) is 11.2 Å². The van der Waals surface area contributed by atoms with E-state index in [4.69, 9.17) is 11.9 Å². The van der Waals surface area contributed by atoms with Crippen LogP contribution in [0, 0.1) is 0 Å². The number of anilines is 1. The molecule has 0 unspecified atom stereocenters. The summed E-state index contributed by atoms with van der Waals surface area (Å²) in [5.41, 5.74) is 5.80. The zero-order chi connectivity index (χ0) is 13.4. The average molecular weight is 252 g/mol. The standard InChI is InChI=1S/C10H13N5O3/c11-10-13-8-7(9(17)14-10)12-4-15(8)6-2-1-5(3-16)18-6/h4-6,16H,1-3H2,(H3,11,13,14,17)/t5-,6+/m0/s1/i16D. The highest BCUT2D eigenvalue weighted by atomic mass is 16.5. The van der Waals surface area contributed by atoms with Gasteiger partial charge >= 0.3 is 0 Å². The number of nitrogens with zero attached hydrogens (tertiary/aromatic N) is 3. The van der Waals surface area contributed by atoms with E-state index in [2.05, 4.69) is 20.1 Å². The van der Waals surface area contributed by atoms with Gasteiger partial charge in [0.25, 0.3) is 5.56 Å². The van der Waals surface area contributed by atoms with Crippen LogP contribution in [0.4, 0.5) is 5.95 Å². The van der Waals surface area contributed by atoms with E-state index in [-0.39, 0.29) is 36.0 Å². The smallest absolute Gasteiger partial charge is 0.280 e. The van der Waals surface area contributed by atoms with Gasteiger partial charge in [-0.3, -0.25) is 14.3 Å².